The van der Waals surface area contributed by atoms with E-state index in [1.54, 1.807) is 0 Å². The van der Waals surface area contributed by atoms with Gasteiger partial charge >= 0.3 is 5.97 Å². The number of benzene rings is 2. The molecule has 25 heavy (non-hydrogen) atoms. The maximum Gasteiger partial charge on any atom is 0.305 e. The number of carbonyl (C=O) groups excluding carboxylic acids is 1. The van der Waals surface area contributed by atoms with Crippen molar-refractivity contribution in [3.8, 4) is 5.75 Å². The Bertz CT molecular complexity index is 775. The minimum Gasteiger partial charge on any atom is -0.493 e. The summed E-state index contributed by atoms with van der Waals surface area (Å²) in [5, 5.41) is 11.9. The summed E-state index contributed by atoms with van der Waals surface area (Å²) >= 11 is 0. The van der Waals surface area contributed by atoms with Crippen LogP contribution in [0.5, 0.6) is 5.75 Å². The van der Waals surface area contributed by atoms with E-state index in [1.807, 2.05) is 24.3 Å². The first-order valence-corrected chi connectivity index (χ1v) is 8.04. The van der Waals surface area contributed by atoms with Crippen LogP contribution in [0, 0.1) is 5.82 Å². The number of halogens is 1. The molecule has 130 valence electrons. The van der Waals surface area contributed by atoms with Crippen LogP contribution in [0.2, 0.25) is 0 Å². The molecule has 2 atom stereocenters. The molecule has 5 nitrogen and oxygen atoms in total. The number of carbonyl (C=O) groups is 2. The van der Waals surface area contributed by atoms with Crippen molar-refractivity contribution in [3.05, 3.63) is 65.5 Å². The zero-order valence-corrected chi connectivity index (χ0v) is 13.4. The zero-order valence-electron chi connectivity index (χ0n) is 13.4. The number of carboxylic acid groups (broad SMARTS) is 1. The quantitative estimate of drug-likeness (QED) is 0.875. The minimum atomic E-state index is -1.04. The molecule has 1 aliphatic heterocycles. The van der Waals surface area contributed by atoms with Gasteiger partial charge in [-0.15, -0.1) is 0 Å². The third-order valence-corrected chi connectivity index (χ3v) is 4.24. The largest absolute Gasteiger partial charge is 0.493 e. The number of rotatable bonds is 5. The number of para-hydroxylation sites is 1. The number of ether oxygens (including phenoxy) is 1. The number of aliphatic carboxylic acids is 1. The fourth-order valence-corrected chi connectivity index (χ4v) is 3.01. The predicted octanol–water partition coefficient (Wildman–Crippen LogP) is 3.02. The van der Waals surface area contributed by atoms with E-state index < -0.39 is 23.7 Å². The molecule has 0 aliphatic carbocycles. The Kier molecular flexibility index (Phi) is 4.97. The van der Waals surface area contributed by atoms with Crippen molar-refractivity contribution < 1.29 is 23.8 Å². The number of amides is 1. The highest BCUT2D eigenvalue weighted by atomic mass is 19.1. The summed E-state index contributed by atoms with van der Waals surface area (Å²) < 4.78 is 18.7. The molecule has 0 saturated heterocycles. The third kappa shape index (κ3) is 3.96. The molecule has 1 amide bonds. The van der Waals surface area contributed by atoms with Crippen LogP contribution in [-0.2, 0) is 9.59 Å². The van der Waals surface area contributed by atoms with E-state index in [4.69, 9.17) is 9.84 Å². The summed E-state index contributed by atoms with van der Waals surface area (Å²) in [6.07, 6.45) is 0.244. The Hall–Kier alpha value is -2.89. The highest BCUT2D eigenvalue weighted by Crippen LogP contribution is 2.34. The van der Waals surface area contributed by atoms with Crippen molar-refractivity contribution in [1.82, 2.24) is 5.32 Å². The van der Waals surface area contributed by atoms with Crippen molar-refractivity contribution in [2.45, 2.75) is 24.8 Å². The van der Waals surface area contributed by atoms with E-state index in [1.165, 1.54) is 24.3 Å². The predicted molar refractivity (Wildman–Crippen MR) is 88.8 cm³/mol. The van der Waals surface area contributed by atoms with Crippen LogP contribution in [0.25, 0.3) is 0 Å². The molecule has 1 aliphatic rings. The molecule has 2 N–H and O–H groups in total. The number of hydrogen-bond acceptors (Lipinski definition) is 3. The van der Waals surface area contributed by atoms with Crippen molar-refractivity contribution >= 4 is 11.9 Å². The van der Waals surface area contributed by atoms with Crippen LogP contribution in [0.4, 0.5) is 4.39 Å². The van der Waals surface area contributed by atoms with E-state index in [0.717, 1.165) is 5.56 Å². The standard InChI is InChI=1S/C19H18FNO4/c20-13-7-5-12(6-8-13)16(11-18(22)23)21-19(24)15-9-10-25-17-4-2-1-3-14(15)17/h1-8,15-16H,9-11H2,(H,21,24)(H,22,23)/t15-,16+/m1/s1. The van der Waals surface area contributed by atoms with E-state index in [2.05, 4.69) is 5.32 Å². The molecule has 1 heterocycles. The fourth-order valence-electron chi connectivity index (χ4n) is 3.01. The van der Waals surface area contributed by atoms with Gasteiger partial charge in [-0.1, -0.05) is 30.3 Å². The van der Waals surface area contributed by atoms with Gasteiger partial charge in [-0.3, -0.25) is 9.59 Å². The van der Waals surface area contributed by atoms with Gasteiger partial charge in [-0.25, -0.2) is 4.39 Å². The van der Waals surface area contributed by atoms with Crippen molar-refractivity contribution in [2.75, 3.05) is 6.61 Å². The Morgan fingerprint density at radius 1 is 1.20 bits per heavy atom. The first-order chi connectivity index (χ1) is 12.0. The lowest BCUT2D eigenvalue weighted by atomic mass is 9.91. The lowest BCUT2D eigenvalue weighted by Crippen LogP contribution is -2.36. The van der Waals surface area contributed by atoms with Gasteiger partial charge in [0.1, 0.15) is 11.6 Å². The van der Waals surface area contributed by atoms with Gasteiger partial charge in [0.15, 0.2) is 0 Å². The van der Waals surface area contributed by atoms with E-state index in [0.29, 0.717) is 24.3 Å². The molecule has 0 aromatic heterocycles. The Balaban J connectivity index is 1.81. The minimum absolute atomic E-state index is 0.258. The van der Waals surface area contributed by atoms with Gasteiger partial charge in [-0.05, 0) is 30.2 Å². The first-order valence-electron chi connectivity index (χ1n) is 8.04. The molecular formula is C19H18FNO4. The molecule has 3 rings (SSSR count). The summed E-state index contributed by atoms with van der Waals surface area (Å²) in [7, 11) is 0. The molecule has 0 unspecified atom stereocenters. The molecule has 2 aromatic carbocycles. The average Bonchev–Trinajstić information content (AvgIpc) is 2.61. The summed E-state index contributed by atoms with van der Waals surface area (Å²) in [5.74, 6) is -1.44. The lowest BCUT2D eigenvalue weighted by molar-refractivity contribution is -0.137. The highest BCUT2D eigenvalue weighted by molar-refractivity contribution is 5.85. The summed E-state index contributed by atoms with van der Waals surface area (Å²) in [4.78, 5) is 23.9. The molecule has 2 aromatic rings. The summed E-state index contributed by atoms with van der Waals surface area (Å²) in [6, 6.07) is 12.1. The third-order valence-electron chi connectivity index (χ3n) is 4.24. The second kappa shape index (κ2) is 7.34. The van der Waals surface area contributed by atoms with Crippen LogP contribution in [0.15, 0.2) is 48.5 Å². The van der Waals surface area contributed by atoms with Gasteiger partial charge in [-0.2, -0.15) is 0 Å². The number of hydrogen-bond donors (Lipinski definition) is 2. The second-order valence-corrected chi connectivity index (χ2v) is 5.94. The lowest BCUT2D eigenvalue weighted by Gasteiger charge is -2.27. The molecular weight excluding hydrogens is 325 g/mol. The molecule has 0 radical (unpaired) electrons. The highest BCUT2D eigenvalue weighted by Gasteiger charge is 2.29. The van der Waals surface area contributed by atoms with Crippen molar-refractivity contribution in [2.24, 2.45) is 0 Å². The number of nitrogens with one attached hydrogen (secondary N) is 1. The van der Waals surface area contributed by atoms with Gasteiger partial charge < -0.3 is 15.2 Å². The normalized spacial score (nSPS) is 17.1. The van der Waals surface area contributed by atoms with Crippen LogP contribution < -0.4 is 10.1 Å². The van der Waals surface area contributed by atoms with Gasteiger partial charge in [0.25, 0.3) is 0 Å². The topological polar surface area (TPSA) is 75.6 Å². The first kappa shape index (κ1) is 17.0. The van der Waals surface area contributed by atoms with E-state index in [9.17, 15) is 14.0 Å². The van der Waals surface area contributed by atoms with Gasteiger partial charge in [0, 0.05) is 5.56 Å². The molecule has 0 spiro atoms. The van der Waals surface area contributed by atoms with Crippen LogP contribution >= 0.6 is 0 Å². The van der Waals surface area contributed by atoms with E-state index >= 15 is 0 Å². The Morgan fingerprint density at radius 2 is 1.92 bits per heavy atom. The van der Waals surface area contributed by atoms with Crippen molar-refractivity contribution in [1.29, 1.82) is 0 Å². The van der Waals surface area contributed by atoms with Crippen LogP contribution in [-0.4, -0.2) is 23.6 Å². The summed E-state index contributed by atoms with van der Waals surface area (Å²) in [5.41, 5.74) is 1.34. The number of fused-ring (bicyclic) bond motifs is 1. The Morgan fingerprint density at radius 3 is 2.64 bits per heavy atom. The maximum absolute atomic E-state index is 13.1. The smallest absolute Gasteiger partial charge is 0.305 e. The zero-order chi connectivity index (χ0) is 17.8. The molecule has 6 heteroatoms. The van der Waals surface area contributed by atoms with Crippen LogP contribution in [0.1, 0.15) is 35.9 Å². The fraction of sp³-hybridized carbons (Fsp3) is 0.263. The van der Waals surface area contributed by atoms with Crippen LogP contribution in [0.3, 0.4) is 0 Å². The molecule has 0 fully saturated rings. The Labute approximate surface area is 144 Å². The SMILES string of the molecule is O=C(O)C[C@H](NC(=O)[C@@H]1CCOc2ccccc21)c1ccc(F)cc1. The second-order valence-electron chi connectivity index (χ2n) is 5.94. The average molecular weight is 343 g/mol. The van der Waals surface area contributed by atoms with Crippen molar-refractivity contribution in [3.63, 3.8) is 0 Å². The molecule has 0 saturated carbocycles. The molecule has 0 bridgehead atoms. The summed E-state index contributed by atoms with van der Waals surface area (Å²) in [6.45, 7) is 0.426. The van der Waals surface area contributed by atoms with Gasteiger partial charge in [0.05, 0.1) is 25.0 Å². The maximum atomic E-state index is 13.1. The number of carboxylic acids is 1. The van der Waals surface area contributed by atoms with Gasteiger partial charge in [0.2, 0.25) is 5.91 Å². The van der Waals surface area contributed by atoms with E-state index in [-0.39, 0.29) is 12.3 Å². The monoisotopic (exact) mass is 343 g/mol.